The fraction of sp³-hybridized carbons (Fsp3) is 0.250. The Morgan fingerprint density at radius 2 is 1.72 bits per heavy atom. The van der Waals surface area contributed by atoms with E-state index in [4.69, 9.17) is 4.98 Å². The lowest BCUT2D eigenvalue weighted by Crippen LogP contribution is -2.37. The molecule has 5 heterocycles. The molecule has 5 aromatic heterocycles. The van der Waals surface area contributed by atoms with E-state index in [1.807, 2.05) is 0 Å². The monoisotopic (exact) mass is 701 g/mol. The molecule has 0 radical (unpaired) electrons. The van der Waals surface area contributed by atoms with Gasteiger partial charge in [-0.2, -0.15) is 13.9 Å². The van der Waals surface area contributed by atoms with E-state index in [-0.39, 0.29) is 33.7 Å². The average Bonchev–Trinajstić information content (AvgIpc) is 3.83. The molecule has 7 rings (SSSR count). The van der Waals surface area contributed by atoms with Crippen molar-refractivity contribution >= 4 is 16.9 Å². The maximum Gasteiger partial charge on any atom is 0.290 e. The number of aromatic nitrogens is 8. The molecule has 1 amide bonds. The van der Waals surface area contributed by atoms with Gasteiger partial charge in [-0.3, -0.25) is 14.6 Å². The molecule has 1 atom stereocenters. The molecule has 18 heteroatoms. The number of alkyl halides is 6. The van der Waals surface area contributed by atoms with Gasteiger partial charge in [0, 0.05) is 47.8 Å². The van der Waals surface area contributed by atoms with Gasteiger partial charge in [0.25, 0.3) is 18.3 Å². The van der Waals surface area contributed by atoms with Crippen molar-refractivity contribution in [3.8, 4) is 22.5 Å². The predicted octanol–water partition coefficient (Wildman–Crippen LogP) is 6.90. The van der Waals surface area contributed by atoms with Gasteiger partial charge in [0.2, 0.25) is 5.91 Å². The summed E-state index contributed by atoms with van der Waals surface area (Å²) >= 11 is 0. The Morgan fingerprint density at radius 1 is 0.960 bits per heavy atom. The molecule has 0 unspecified atom stereocenters. The zero-order valence-electron chi connectivity index (χ0n) is 25.4. The van der Waals surface area contributed by atoms with Crippen LogP contribution >= 0.6 is 0 Å². The lowest BCUT2D eigenvalue weighted by Gasteiger charge is -2.29. The van der Waals surface area contributed by atoms with Crippen LogP contribution < -0.4 is 5.32 Å². The summed E-state index contributed by atoms with van der Waals surface area (Å²) in [6.07, 6.45) is -2.10. The van der Waals surface area contributed by atoms with E-state index in [0.717, 1.165) is 12.1 Å². The molecule has 0 fully saturated rings. The van der Waals surface area contributed by atoms with Crippen molar-refractivity contribution in [3.05, 3.63) is 101 Å². The zero-order valence-corrected chi connectivity index (χ0v) is 25.4. The van der Waals surface area contributed by atoms with Crippen LogP contribution in [0.15, 0.2) is 61.1 Å². The Hall–Kier alpha value is -5.68. The smallest absolute Gasteiger partial charge is 0.290 e. The van der Waals surface area contributed by atoms with Crippen molar-refractivity contribution in [2.45, 2.75) is 50.1 Å². The third-order valence-electron chi connectivity index (χ3n) is 8.29. The van der Waals surface area contributed by atoms with Crippen LogP contribution in [-0.4, -0.2) is 46.1 Å². The molecule has 0 saturated carbocycles. The van der Waals surface area contributed by atoms with Gasteiger partial charge in [0.1, 0.15) is 40.9 Å². The SMILES string of the molecule is O=C(Cn1nc(C(F)F)c2c1C(F)(F)CCC2(F)F)N[C@@H](Cc1cc(F)cc(F)c1)c1nc(-c2c[nH]nn2)ccc1-c1cnc2[nH]ccc2c1. The van der Waals surface area contributed by atoms with Crippen LogP contribution in [-0.2, 0) is 29.6 Å². The minimum absolute atomic E-state index is 0.0502. The van der Waals surface area contributed by atoms with Gasteiger partial charge in [0.05, 0.1) is 29.2 Å². The Morgan fingerprint density at radius 3 is 2.44 bits per heavy atom. The van der Waals surface area contributed by atoms with Crippen LogP contribution in [0.3, 0.4) is 0 Å². The normalized spacial score (nSPS) is 15.7. The molecular formula is C32H23F8N9O. The topological polar surface area (TPSA) is 130 Å². The molecule has 50 heavy (non-hydrogen) atoms. The van der Waals surface area contributed by atoms with Crippen LogP contribution in [0.2, 0.25) is 0 Å². The number of hydrogen-bond donors (Lipinski definition) is 3. The van der Waals surface area contributed by atoms with Crippen LogP contribution in [0.5, 0.6) is 0 Å². The average molecular weight is 702 g/mol. The number of pyridine rings is 2. The first-order valence-corrected chi connectivity index (χ1v) is 15.0. The fourth-order valence-corrected chi connectivity index (χ4v) is 6.14. The molecule has 0 bridgehead atoms. The van der Waals surface area contributed by atoms with E-state index in [0.29, 0.717) is 28.2 Å². The highest BCUT2D eigenvalue weighted by Crippen LogP contribution is 2.52. The number of fused-ring (bicyclic) bond motifs is 2. The van der Waals surface area contributed by atoms with Gasteiger partial charge < -0.3 is 10.3 Å². The number of carbonyl (C=O) groups excluding carboxylic acids is 1. The Balaban J connectivity index is 1.33. The largest absolute Gasteiger partial charge is 0.346 e. The molecule has 1 aliphatic carbocycles. The second kappa shape index (κ2) is 12.3. The van der Waals surface area contributed by atoms with Gasteiger partial charge in [-0.25, -0.2) is 36.3 Å². The molecule has 10 nitrogen and oxygen atoms in total. The number of aromatic amines is 2. The van der Waals surface area contributed by atoms with E-state index < -0.39 is 78.2 Å². The Labute approximate surface area is 275 Å². The summed E-state index contributed by atoms with van der Waals surface area (Å²) < 4.78 is 116. The number of benzene rings is 1. The van der Waals surface area contributed by atoms with Crippen molar-refractivity contribution in [1.82, 2.24) is 45.5 Å². The van der Waals surface area contributed by atoms with Crippen LogP contribution in [0.4, 0.5) is 35.1 Å². The number of hydrogen-bond acceptors (Lipinski definition) is 6. The van der Waals surface area contributed by atoms with E-state index >= 15 is 8.78 Å². The van der Waals surface area contributed by atoms with E-state index in [1.54, 1.807) is 30.5 Å². The lowest BCUT2D eigenvalue weighted by atomic mass is 9.89. The molecule has 258 valence electrons. The number of H-pyrrole nitrogens is 2. The zero-order chi connectivity index (χ0) is 35.4. The molecule has 1 aromatic carbocycles. The molecule has 3 N–H and O–H groups in total. The van der Waals surface area contributed by atoms with Gasteiger partial charge in [-0.1, -0.05) is 11.3 Å². The summed E-state index contributed by atoms with van der Waals surface area (Å²) in [6.45, 7) is -1.18. The number of amides is 1. The number of rotatable bonds is 9. The number of nitrogens with zero attached hydrogens (tertiary/aromatic N) is 6. The number of halogens is 8. The highest BCUT2D eigenvalue weighted by atomic mass is 19.3. The molecule has 6 aromatic rings. The Kier molecular flexibility index (Phi) is 8.10. The van der Waals surface area contributed by atoms with Gasteiger partial charge in [-0.15, -0.1) is 5.10 Å². The standard InChI is InChI=1S/C32H23F8N9O/c33-18-7-15(8-19(34)11-18)9-22(44-24(50)14-49-28-25(27(47-49)29(35)36)31(37,38)4-5-32(28,39)40)26-20(1-2-21(45-26)23-13-43-48-46-23)17-10-16-3-6-41-30(16)42-12-17/h1-3,6-8,10-13,22,29H,4-5,9,14H2,(H,41,42)(H,44,50)(H,43,46,48)/t22-/m0/s1. The molecule has 1 aliphatic rings. The Bertz CT molecular complexity index is 2190. The van der Waals surface area contributed by atoms with Crippen LogP contribution in [0.1, 0.15) is 53.5 Å². The third-order valence-corrected chi connectivity index (χ3v) is 8.29. The summed E-state index contributed by atoms with van der Waals surface area (Å²) in [6, 6.07) is 8.14. The number of nitrogens with one attached hydrogen (secondary N) is 3. The maximum atomic E-state index is 15.1. The summed E-state index contributed by atoms with van der Waals surface area (Å²) in [5.74, 6) is -11.0. The minimum Gasteiger partial charge on any atom is -0.346 e. The van der Waals surface area contributed by atoms with Crippen molar-refractivity contribution < 1.29 is 39.9 Å². The second-order valence-corrected chi connectivity index (χ2v) is 11.7. The van der Waals surface area contributed by atoms with E-state index in [1.165, 1.54) is 12.4 Å². The lowest BCUT2D eigenvalue weighted by molar-refractivity contribution is -0.123. The summed E-state index contributed by atoms with van der Waals surface area (Å²) in [7, 11) is 0. The van der Waals surface area contributed by atoms with Crippen LogP contribution in [0, 0.1) is 11.6 Å². The molecule has 0 spiro atoms. The fourth-order valence-electron chi connectivity index (χ4n) is 6.14. The second-order valence-electron chi connectivity index (χ2n) is 11.7. The predicted molar refractivity (Wildman–Crippen MR) is 160 cm³/mol. The number of carbonyl (C=O) groups is 1. The highest BCUT2D eigenvalue weighted by Gasteiger charge is 2.55. The van der Waals surface area contributed by atoms with E-state index in [2.05, 4.69) is 35.8 Å². The van der Waals surface area contributed by atoms with E-state index in [9.17, 15) is 31.1 Å². The first-order chi connectivity index (χ1) is 23.8. The molecular weight excluding hydrogens is 678 g/mol. The first kappa shape index (κ1) is 32.8. The van der Waals surface area contributed by atoms with Gasteiger partial charge in [-0.05, 0) is 42.3 Å². The van der Waals surface area contributed by atoms with Gasteiger partial charge >= 0.3 is 0 Å². The highest BCUT2D eigenvalue weighted by molar-refractivity contribution is 5.83. The van der Waals surface area contributed by atoms with Crippen molar-refractivity contribution in [2.24, 2.45) is 0 Å². The molecule has 0 saturated heterocycles. The maximum absolute atomic E-state index is 15.1. The van der Waals surface area contributed by atoms with Crippen molar-refractivity contribution in [2.75, 3.05) is 0 Å². The summed E-state index contributed by atoms with van der Waals surface area (Å²) in [5.41, 5.74) is -2.51. The van der Waals surface area contributed by atoms with Crippen molar-refractivity contribution in [1.29, 1.82) is 0 Å². The summed E-state index contributed by atoms with van der Waals surface area (Å²) in [5, 5.41) is 16.8. The molecule has 0 aliphatic heterocycles. The third kappa shape index (κ3) is 6.16. The van der Waals surface area contributed by atoms with Gasteiger partial charge in [0.15, 0.2) is 0 Å². The van der Waals surface area contributed by atoms with Crippen LogP contribution in [0.25, 0.3) is 33.5 Å². The first-order valence-electron chi connectivity index (χ1n) is 15.0. The minimum atomic E-state index is -4.05. The van der Waals surface area contributed by atoms with Crippen molar-refractivity contribution in [3.63, 3.8) is 0 Å². The quantitative estimate of drug-likeness (QED) is 0.141. The summed E-state index contributed by atoms with van der Waals surface area (Å²) in [4.78, 5) is 25.7.